The maximum atomic E-state index is 11.5. The highest BCUT2D eigenvalue weighted by atomic mass is 32.2. The van der Waals surface area contributed by atoms with Crippen molar-refractivity contribution in [3.05, 3.63) is 0 Å². The maximum absolute atomic E-state index is 11.5. The van der Waals surface area contributed by atoms with E-state index in [9.17, 15) is 8.42 Å². The van der Waals surface area contributed by atoms with Crippen molar-refractivity contribution in [2.24, 2.45) is 0 Å². The van der Waals surface area contributed by atoms with Crippen LogP contribution in [-0.2, 0) is 10.0 Å². The van der Waals surface area contributed by atoms with Gasteiger partial charge in [-0.1, -0.05) is 11.8 Å². The molecule has 0 N–H and O–H groups in total. The molecule has 5 heteroatoms. The van der Waals surface area contributed by atoms with Crippen LogP contribution in [-0.4, -0.2) is 56.1 Å². The van der Waals surface area contributed by atoms with Gasteiger partial charge in [-0.05, 0) is 38.8 Å². The Morgan fingerprint density at radius 3 is 2.53 bits per heavy atom. The first-order valence-electron chi connectivity index (χ1n) is 6.25. The minimum Gasteiger partial charge on any atom is -0.292 e. The summed E-state index contributed by atoms with van der Waals surface area (Å²) >= 11 is 0. The van der Waals surface area contributed by atoms with E-state index >= 15 is 0 Å². The van der Waals surface area contributed by atoms with Crippen LogP contribution in [0.5, 0.6) is 0 Å². The van der Waals surface area contributed by atoms with Gasteiger partial charge < -0.3 is 0 Å². The average molecular weight is 256 g/mol. The number of hydrogen-bond donors (Lipinski definition) is 0. The maximum Gasteiger partial charge on any atom is 0.212 e. The van der Waals surface area contributed by atoms with E-state index in [1.54, 1.807) is 0 Å². The lowest BCUT2D eigenvalue weighted by Crippen LogP contribution is -2.33. The first-order valence-corrected chi connectivity index (χ1v) is 8.10. The third-order valence-corrected chi connectivity index (χ3v) is 4.69. The van der Waals surface area contributed by atoms with Crippen LogP contribution < -0.4 is 0 Å². The van der Waals surface area contributed by atoms with E-state index in [2.05, 4.69) is 16.7 Å². The molecule has 2 heterocycles. The van der Waals surface area contributed by atoms with E-state index in [1.165, 1.54) is 23.4 Å². The highest BCUT2D eigenvalue weighted by molar-refractivity contribution is 7.88. The van der Waals surface area contributed by atoms with Gasteiger partial charge in [-0.25, -0.2) is 8.42 Å². The van der Waals surface area contributed by atoms with Crippen molar-refractivity contribution < 1.29 is 8.42 Å². The molecule has 0 aromatic heterocycles. The van der Waals surface area contributed by atoms with Crippen LogP contribution in [0.4, 0.5) is 0 Å². The van der Waals surface area contributed by atoms with E-state index in [-0.39, 0.29) is 6.04 Å². The van der Waals surface area contributed by atoms with Crippen LogP contribution in [0.1, 0.15) is 25.7 Å². The van der Waals surface area contributed by atoms with E-state index < -0.39 is 10.0 Å². The Balaban J connectivity index is 1.91. The van der Waals surface area contributed by atoms with Gasteiger partial charge in [0.2, 0.25) is 10.0 Å². The van der Waals surface area contributed by atoms with E-state index in [0.29, 0.717) is 6.54 Å². The van der Waals surface area contributed by atoms with Gasteiger partial charge in [-0.3, -0.25) is 4.90 Å². The molecular formula is C12H20N2O2S. The monoisotopic (exact) mass is 256 g/mol. The van der Waals surface area contributed by atoms with Gasteiger partial charge in [0.15, 0.2) is 0 Å². The second-order valence-corrected chi connectivity index (χ2v) is 6.77. The molecule has 2 aliphatic heterocycles. The third kappa shape index (κ3) is 3.44. The minimum absolute atomic E-state index is 0.0902. The van der Waals surface area contributed by atoms with Crippen LogP contribution in [0.2, 0.25) is 0 Å². The predicted molar refractivity (Wildman–Crippen MR) is 68.0 cm³/mol. The standard InChI is InChI=1S/C12H20N2O2S/c1-17(15,16)14-11-5-7-12(14)6-4-10-13-8-2-3-9-13/h12H,2-3,5,7-11H2,1H3/t12-/m0/s1. The lowest BCUT2D eigenvalue weighted by Gasteiger charge is -2.17. The first kappa shape index (κ1) is 12.9. The molecule has 4 nitrogen and oxygen atoms in total. The quantitative estimate of drug-likeness (QED) is 0.676. The topological polar surface area (TPSA) is 40.6 Å². The number of sulfonamides is 1. The summed E-state index contributed by atoms with van der Waals surface area (Å²) in [7, 11) is -3.08. The fourth-order valence-corrected chi connectivity index (χ4v) is 3.58. The molecule has 0 spiro atoms. The van der Waals surface area contributed by atoms with Crippen LogP contribution in [0, 0.1) is 11.8 Å². The van der Waals surface area contributed by atoms with Gasteiger partial charge >= 0.3 is 0 Å². The normalized spacial score (nSPS) is 27.0. The van der Waals surface area contributed by atoms with Crippen LogP contribution in [0.25, 0.3) is 0 Å². The lowest BCUT2D eigenvalue weighted by molar-refractivity contribution is 0.382. The number of hydrogen-bond acceptors (Lipinski definition) is 3. The molecule has 2 rings (SSSR count). The molecular weight excluding hydrogens is 236 g/mol. The van der Waals surface area contributed by atoms with Crippen molar-refractivity contribution in [3.8, 4) is 11.8 Å². The molecule has 0 saturated carbocycles. The first-order chi connectivity index (χ1) is 8.07. The van der Waals surface area contributed by atoms with Crippen LogP contribution >= 0.6 is 0 Å². The van der Waals surface area contributed by atoms with Crippen molar-refractivity contribution in [2.75, 3.05) is 32.4 Å². The molecule has 0 bridgehead atoms. The summed E-state index contributed by atoms with van der Waals surface area (Å²) in [5.74, 6) is 6.26. The minimum atomic E-state index is -3.08. The Labute approximate surface area is 104 Å². The predicted octanol–water partition coefficient (Wildman–Crippen LogP) is 0.510. The second kappa shape index (κ2) is 5.38. The summed E-state index contributed by atoms with van der Waals surface area (Å²) in [6.45, 7) is 3.68. The van der Waals surface area contributed by atoms with Gasteiger partial charge in [0.25, 0.3) is 0 Å². The molecule has 0 unspecified atom stereocenters. The summed E-state index contributed by atoms with van der Waals surface area (Å²) in [6, 6.07) is -0.0902. The SMILES string of the molecule is CS(=O)(=O)N1CCC[C@@H]1C#CCN1CCCC1. The van der Waals surface area contributed by atoms with Gasteiger partial charge in [0.1, 0.15) is 0 Å². The van der Waals surface area contributed by atoms with Crippen molar-refractivity contribution in [3.63, 3.8) is 0 Å². The van der Waals surface area contributed by atoms with Crippen molar-refractivity contribution in [2.45, 2.75) is 31.7 Å². The average Bonchev–Trinajstić information content (AvgIpc) is 2.86. The smallest absolute Gasteiger partial charge is 0.212 e. The Morgan fingerprint density at radius 2 is 1.88 bits per heavy atom. The highest BCUT2D eigenvalue weighted by Crippen LogP contribution is 2.19. The van der Waals surface area contributed by atoms with Gasteiger partial charge in [-0.15, -0.1) is 0 Å². The molecule has 1 atom stereocenters. The van der Waals surface area contributed by atoms with E-state index in [4.69, 9.17) is 0 Å². The van der Waals surface area contributed by atoms with E-state index in [0.717, 1.165) is 32.5 Å². The fraction of sp³-hybridized carbons (Fsp3) is 0.833. The van der Waals surface area contributed by atoms with E-state index in [1.807, 2.05) is 0 Å². The molecule has 2 saturated heterocycles. The fourth-order valence-electron chi connectivity index (χ4n) is 2.50. The number of rotatable bonds is 2. The van der Waals surface area contributed by atoms with Crippen molar-refractivity contribution >= 4 is 10.0 Å². The largest absolute Gasteiger partial charge is 0.292 e. The van der Waals surface area contributed by atoms with Gasteiger partial charge in [-0.2, -0.15) is 4.31 Å². The third-order valence-electron chi connectivity index (χ3n) is 3.40. The highest BCUT2D eigenvalue weighted by Gasteiger charge is 2.29. The molecule has 0 aromatic carbocycles. The Kier molecular flexibility index (Phi) is 4.08. The number of nitrogens with zero attached hydrogens (tertiary/aromatic N) is 2. The molecule has 0 amide bonds. The zero-order valence-corrected chi connectivity index (χ0v) is 11.2. The molecule has 17 heavy (non-hydrogen) atoms. The Bertz CT molecular complexity index is 416. The zero-order chi connectivity index (χ0) is 12.3. The van der Waals surface area contributed by atoms with Crippen molar-refractivity contribution in [1.29, 1.82) is 0 Å². The molecule has 2 aliphatic rings. The Hall–Kier alpha value is -0.570. The number of likely N-dealkylation sites (tertiary alicyclic amines) is 1. The molecule has 0 radical (unpaired) electrons. The van der Waals surface area contributed by atoms with Crippen LogP contribution in [0.3, 0.4) is 0 Å². The summed E-state index contributed by atoms with van der Waals surface area (Å²) < 4.78 is 24.6. The summed E-state index contributed by atoms with van der Waals surface area (Å²) in [6.07, 6.45) is 5.60. The summed E-state index contributed by atoms with van der Waals surface area (Å²) in [4.78, 5) is 2.33. The molecule has 0 aliphatic carbocycles. The Morgan fingerprint density at radius 1 is 1.18 bits per heavy atom. The van der Waals surface area contributed by atoms with Crippen LogP contribution in [0.15, 0.2) is 0 Å². The second-order valence-electron chi connectivity index (χ2n) is 4.84. The summed E-state index contributed by atoms with van der Waals surface area (Å²) in [5.41, 5.74) is 0. The van der Waals surface area contributed by atoms with Gasteiger partial charge in [0, 0.05) is 6.54 Å². The molecule has 2 fully saturated rings. The van der Waals surface area contributed by atoms with Crippen molar-refractivity contribution in [1.82, 2.24) is 9.21 Å². The summed E-state index contributed by atoms with van der Waals surface area (Å²) in [5, 5.41) is 0. The van der Waals surface area contributed by atoms with Gasteiger partial charge in [0.05, 0.1) is 18.8 Å². The molecule has 0 aromatic rings. The lowest BCUT2D eigenvalue weighted by atomic mass is 10.2. The zero-order valence-electron chi connectivity index (χ0n) is 10.4. The molecule has 96 valence electrons.